The summed E-state index contributed by atoms with van der Waals surface area (Å²) < 4.78 is 6.35. The summed E-state index contributed by atoms with van der Waals surface area (Å²) >= 11 is 9.16. The number of halogens is 1. The number of aliphatic imine (C=N–C) groups is 1. The molecular formula is C32H45ClN8O3S2. The van der Waals surface area contributed by atoms with Crippen molar-refractivity contribution in [2.24, 2.45) is 16.5 Å². The third kappa shape index (κ3) is 15.3. The minimum Gasteiger partial charge on any atom is -0.370 e. The molecule has 6 N–H and O–H groups in total. The van der Waals surface area contributed by atoms with Crippen molar-refractivity contribution in [3.63, 3.8) is 0 Å². The number of nitro groups is 1. The zero-order valence-corrected chi connectivity index (χ0v) is 28.7. The number of likely N-dealkylation sites (N-methyl/N-ethyl adjacent to an activating group) is 1. The van der Waals surface area contributed by atoms with Gasteiger partial charge in [-0.1, -0.05) is 73.3 Å². The monoisotopic (exact) mass is 688 g/mol. The summed E-state index contributed by atoms with van der Waals surface area (Å²) in [7, 11) is 2.13. The van der Waals surface area contributed by atoms with Crippen LogP contribution in [0.5, 0.6) is 0 Å². The fraction of sp³-hybridized carbons (Fsp3) is 0.438. The average Bonchev–Trinajstić information content (AvgIpc) is 3.47. The third-order valence-electron chi connectivity index (χ3n) is 6.88. The third-order valence-corrected chi connectivity index (χ3v) is 8.90. The molecule has 3 aromatic rings. The van der Waals surface area contributed by atoms with Crippen LogP contribution in [0, 0.1) is 10.1 Å². The van der Waals surface area contributed by atoms with E-state index in [2.05, 4.69) is 44.7 Å². The van der Waals surface area contributed by atoms with E-state index in [-0.39, 0.29) is 12.1 Å². The second-order valence-corrected chi connectivity index (χ2v) is 13.1. The van der Waals surface area contributed by atoms with Gasteiger partial charge in [-0.3, -0.25) is 10.1 Å². The minimum atomic E-state index is -0.440. The summed E-state index contributed by atoms with van der Waals surface area (Å²) in [6.45, 7) is 3.76. The van der Waals surface area contributed by atoms with Crippen LogP contribution in [0.4, 0.5) is 5.13 Å². The summed E-state index contributed by atoms with van der Waals surface area (Å²) in [5.74, 6) is 1.90. The maximum absolute atomic E-state index is 11.1. The summed E-state index contributed by atoms with van der Waals surface area (Å²) in [4.78, 5) is 21.2. The van der Waals surface area contributed by atoms with Gasteiger partial charge in [-0.15, -0.1) is 11.3 Å². The molecule has 0 aliphatic rings. The molecule has 1 aromatic heterocycles. The lowest BCUT2D eigenvalue weighted by molar-refractivity contribution is -0.404. The molecule has 1 heterocycles. The van der Waals surface area contributed by atoms with E-state index in [9.17, 15) is 10.1 Å². The maximum Gasteiger partial charge on any atom is 0.274 e. The van der Waals surface area contributed by atoms with E-state index in [0.29, 0.717) is 41.4 Å². The molecule has 0 fully saturated rings. The van der Waals surface area contributed by atoms with Crippen molar-refractivity contribution < 1.29 is 9.66 Å². The van der Waals surface area contributed by atoms with Crippen LogP contribution < -0.4 is 22.1 Å². The Morgan fingerprint density at radius 3 is 2.50 bits per heavy atom. The molecule has 0 aliphatic carbocycles. The molecule has 46 heavy (non-hydrogen) atoms. The van der Waals surface area contributed by atoms with Gasteiger partial charge in [0.05, 0.1) is 17.2 Å². The van der Waals surface area contributed by atoms with Gasteiger partial charge in [0, 0.05) is 41.5 Å². The molecular weight excluding hydrogens is 644 g/mol. The van der Waals surface area contributed by atoms with Crippen molar-refractivity contribution in [1.82, 2.24) is 20.5 Å². The molecule has 11 nitrogen and oxygen atoms in total. The molecule has 0 bridgehead atoms. The number of thioether (sulfide) groups is 1. The number of ether oxygens (including phenoxy) is 1. The number of nitrogens with zero attached hydrogens (tertiary/aromatic N) is 4. The fourth-order valence-electron chi connectivity index (χ4n) is 4.57. The number of unbranched alkanes of at least 4 members (excludes halogenated alkanes) is 4. The first kappa shape index (κ1) is 37.1. The van der Waals surface area contributed by atoms with Crippen molar-refractivity contribution in [3.8, 4) is 0 Å². The second-order valence-electron chi connectivity index (χ2n) is 10.7. The van der Waals surface area contributed by atoms with Crippen LogP contribution in [0.3, 0.4) is 0 Å². The fourth-order valence-corrected chi connectivity index (χ4v) is 6.25. The number of nitrogens with one attached hydrogen (secondary N) is 2. The molecule has 3 rings (SSSR count). The highest BCUT2D eigenvalue weighted by molar-refractivity contribution is 7.98. The van der Waals surface area contributed by atoms with Gasteiger partial charge >= 0.3 is 0 Å². The molecule has 2 aromatic carbocycles. The first-order valence-corrected chi connectivity index (χ1v) is 17.8. The number of aromatic nitrogens is 1. The predicted octanol–water partition coefficient (Wildman–Crippen LogP) is 5.88. The maximum atomic E-state index is 11.1. The Hall–Kier alpha value is -3.36. The lowest BCUT2D eigenvalue weighted by Gasteiger charge is -2.22. The van der Waals surface area contributed by atoms with Gasteiger partial charge in [0.2, 0.25) is 5.13 Å². The zero-order chi connectivity index (χ0) is 33.0. The smallest absolute Gasteiger partial charge is 0.274 e. The summed E-state index contributed by atoms with van der Waals surface area (Å²) in [6.07, 6.45) is 6.26. The number of guanidine groups is 1. The van der Waals surface area contributed by atoms with E-state index in [4.69, 9.17) is 27.8 Å². The van der Waals surface area contributed by atoms with E-state index in [1.807, 2.05) is 47.8 Å². The molecule has 0 aliphatic heterocycles. The average molecular weight is 689 g/mol. The second kappa shape index (κ2) is 21.4. The normalized spacial score (nSPS) is 12.2. The van der Waals surface area contributed by atoms with E-state index in [0.717, 1.165) is 74.0 Å². The standard InChI is InChI=1S/C32H45ClN8O3S2/c1-40(19-20-44-30(25-10-6-5-7-11-25)26-12-14-27(33)15-13-26)18-9-4-2-3-8-16-36-29(22-41(42)43)37-17-21-45-23-28-24-46-32(38-28)39-31(34)35/h5-7,10-15,22,24,30,36-37H,2-4,8-9,16-21,23H2,1H3,(H4,34,35,38,39)/b29-22-. The Morgan fingerprint density at radius 1 is 1.07 bits per heavy atom. The van der Waals surface area contributed by atoms with Crippen LogP contribution in [0.1, 0.15) is 55.0 Å². The van der Waals surface area contributed by atoms with Gasteiger partial charge in [0.1, 0.15) is 6.10 Å². The Bertz CT molecular complexity index is 1350. The van der Waals surface area contributed by atoms with E-state index in [1.165, 1.54) is 11.3 Å². The molecule has 0 saturated carbocycles. The first-order valence-electron chi connectivity index (χ1n) is 15.4. The topological polar surface area (TPSA) is 157 Å². The number of benzene rings is 2. The lowest BCUT2D eigenvalue weighted by Crippen LogP contribution is -2.29. The first-order chi connectivity index (χ1) is 22.3. The van der Waals surface area contributed by atoms with Crippen molar-refractivity contribution in [2.45, 2.75) is 44.0 Å². The zero-order valence-electron chi connectivity index (χ0n) is 26.3. The van der Waals surface area contributed by atoms with Crippen molar-refractivity contribution in [1.29, 1.82) is 0 Å². The van der Waals surface area contributed by atoms with E-state index in [1.54, 1.807) is 11.8 Å². The van der Waals surface area contributed by atoms with Gasteiger partial charge in [0.25, 0.3) is 6.20 Å². The van der Waals surface area contributed by atoms with Gasteiger partial charge in [-0.25, -0.2) is 4.98 Å². The van der Waals surface area contributed by atoms with Crippen LogP contribution in [0.15, 0.2) is 77.0 Å². The number of nitrogens with two attached hydrogens (primary N) is 2. The Balaban J connectivity index is 1.23. The Kier molecular flexibility index (Phi) is 17.3. The van der Waals surface area contributed by atoms with Gasteiger partial charge in [-0.2, -0.15) is 16.8 Å². The largest absolute Gasteiger partial charge is 0.370 e. The Labute approximate surface area is 285 Å². The highest BCUT2D eigenvalue weighted by Gasteiger charge is 2.15. The van der Waals surface area contributed by atoms with E-state index < -0.39 is 4.92 Å². The number of hydrogen-bond donors (Lipinski definition) is 4. The van der Waals surface area contributed by atoms with E-state index >= 15 is 0 Å². The predicted molar refractivity (Wildman–Crippen MR) is 191 cm³/mol. The van der Waals surface area contributed by atoms with Gasteiger partial charge in [0.15, 0.2) is 11.8 Å². The van der Waals surface area contributed by atoms with Crippen molar-refractivity contribution in [3.05, 3.63) is 104 Å². The summed E-state index contributed by atoms with van der Waals surface area (Å²) in [5.41, 5.74) is 13.9. The van der Waals surface area contributed by atoms with Crippen LogP contribution in [-0.2, 0) is 10.5 Å². The Morgan fingerprint density at radius 2 is 1.76 bits per heavy atom. The molecule has 1 atom stereocenters. The number of thiazole rings is 1. The van der Waals surface area contributed by atoms with Crippen LogP contribution in [0.25, 0.3) is 0 Å². The molecule has 0 spiro atoms. The van der Waals surface area contributed by atoms with Crippen molar-refractivity contribution >= 4 is 45.8 Å². The molecule has 0 saturated heterocycles. The van der Waals surface area contributed by atoms with Crippen LogP contribution >= 0.6 is 34.7 Å². The highest BCUT2D eigenvalue weighted by atomic mass is 35.5. The molecule has 0 amide bonds. The number of hydrogen-bond acceptors (Lipinski definition) is 10. The van der Waals surface area contributed by atoms with Crippen LogP contribution in [0.2, 0.25) is 5.02 Å². The van der Waals surface area contributed by atoms with Gasteiger partial charge < -0.3 is 31.7 Å². The lowest BCUT2D eigenvalue weighted by atomic mass is 10.0. The van der Waals surface area contributed by atoms with Gasteiger partial charge in [-0.05, 0) is 49.7 Å². The van der Waals surface area contributed by atoms with Crippen LogP contribution in [-0.4, -0.2) is 66.4 Å². The molecule has 14 heteroatoms. The molecule has 1 unspecified atom stereocenters. The SMILES string of the molecule is CN(CCCCCCCN/C(=C/[N+](=O)[O-])NCCSCc1csc(N=C(N)N)n1)CCOC(c1ccccc1)c1ccc(Cl)cc1. The highest BCUT2D eigenvalue weighted by Crippen LogP contribution is 2.27. The minimum absolute atomic E-state index is 0.0135. The van der Waals surface area contributed by atoms with Crippen molar-refractivity contribution in [2.75, 3.05) is 45.6 Å². The quantitative estimate of drug-likeness (QED) is 0.0312. The summed E-state index contributed by atoms with van der Waals surface area (Å²) in [5, 5.41) is 20.5. The number of rotatable bonds is 23. The molecule has 250 valence electrons. The molecule has 0 radical (unpaired) electrons. The summed E-state index contributed by atoms with van der Waals surface area (Å²) in [6, 6.07) is 18.1.